The van der Waals surface area contributed by atoms with Gasteiger partial charge in [0.15, 0.2) is 0 Å². The highest BCUT2D eigenvalue weighted by Crippen LogP contribution is 2.34. The quantitative estimate of drug-likeness (QED) is 0.621. The third-order valence-electron chi connectivity index (χ3n) is 4.56. The summed E-state index contributed by atoms with van der Waals surface area (Å²) in [6.07, 6.45) is 3.76. The lowest BCUT2D eigenvalue weighted by Crippen LogP contribution is -2.39. The van der Waals surface area contributed by atoms with Crippen molar-refractivity contribution in [1.82, 2.24) is 9.80 Å². The van der Waals surface area contributed by atoms with Crippen molar-refractivity contribution < 1.29 is 9.59 Å². The Morgan fingerprint density at radius 3 is 2.58 bits per heavy atom. The summed E-state index contributed by atoms with van der Waals surface area (Å²) in [5.41, 5.74) is 1.74. The molecule has 1 unspecified atom stereocenters. The molecule has 0 spiro atoms. The molecule has 4 nitrogen and oxygen atoms in total. The molecule has 1 aromatic rings. The highest BCUT2D eigenvalue weighted by molar-refractivity contribution is 6.36. The summed E-state index contributed by atoms with van der Waals surface area (Å²) >= 11 is 5.96. The first kappa shape index (κ1) is 16.8. The van der Waals surface area contributed by atoms with Gasteiger partial charge in [-0.2, -0.15) is 0 Å². The first-order valence-electron chi connectivity index (χ1n) is 8.25. The topological polar surface area (TPSA) is 40.6 Å². The number of nitrogens with zero attached hydrogens (tertiary/aromatic N) is 2. The Labute approximate surface area is 147 Å². The zero-order chi connectivity index (χ0) is 17.3. The van der Waals surface area contributed by atoms with E-state index in [9.17, 15) is 9.59 Å². The molecule has 1 aromatic carbocycles. The largest absolute Gasteiger partial charge is 0.366 e. The number of hydrogen-bond donors (Lipinski definition) is 0. The van der Waals surface area contributed by atoms with Gasteiger partial charge in [0, 0.05) is 24.7 Å². The minimum Gasteiger partial charge on any atom is -0.366 e. The van der Waals surface area contributed by atoms with Gasteiger partial charge in [0.2, 0.25) is 0 Å². The summed E-state index contributed by atoms with van der Waals surface area (Å²) < 4.78 is 0. The van der Waals surface area contributed by atoms with Gasteiger partial charge >= 0.3 is 0 Å². The molecule has 0 aromatic heterocycles. The second-order valence-electron chi connectivity index (χ2n) is 6.43. The molecule has 5 heteroatoms. The highest BCUT2D eigenvalue weighted by atomic mass is 35.5. The average molecular weight is 345 g/mol. The zero-order valence-corrected chi connectivity index (χ0v) is 14.6. The molecular formula is C19H21ClN2O2. The summed E-state index contributed by atoms with van der Waals surface area (Å²) in [5.74, 6) is 0.0310. The monoisotopic (exact) mass is 344 g/mol. The molecule has 126 valence electrons. The summed E-state index contributed by atoms with van der Waals surface area (Å²) in [5, 5.41) is 0.604. The van der Waals surface area contributed by atoms with Gasteiger partial charge in [-0.25, -0.2) is 0 Å². The van der Waals surface area contributed by atoms with E-state index in [0.717, 1.165) is 31.5 Å². The number of halogens is 1. The zero-order valence-electron chi connectivity index (χ0n) is 13.8. The minimum atomic E-state index is -0.254. The number of carbonyl (C=O) groups is 2. The van der Waals surface area contributed by atoms with Crippen molar-refractivity contribution in [3.63, 3.8) is 0 Å². The maximum Gasteiger partial charge on any atom is 0.278 e. The van der Waals surface area contributed by atoms with Crippen LogP contribution in [0.1, 0.15) is 25.3 Å². The van der Waals surface area contributed by atoms with E-state index in [1.54, 1.807) is 30.3 Å². The predicted octanol–water partition coefficient (Wildman–Crippen LogP) is 3.34. The Hall–Kier alpha value is -2.07. The second kappa shape index (κ2) is 6.81. The van der Waals surface area contributed by atoms with Gasteiger partial charge in [0.25, 0.3) is 11.8 Å². The van der Waals surface area contributed by atoms with Crippen LogP contribution >= 0.6 is 11.6 Å². The van der Waals surface area contributed by atoms with E-state index in [-0.39, 0.29) is 18.4 Å². The molecule has 2 heterocycles. The summed E-state index contributed by atoms with van der Waals surface area (Å²) in [6, 6.07) is 7.09. The van der Waals surface area contributed by atoms with Crippen molar-refractivity contribution in [3.05, 3.63) is 53.2 Å². The predicted molar refractivity (Wildman–Crippen MR) is 95.3 cm³/mol. The fraction of sp³-hybridized carbons (Fsp3) is 0.368. The third kappa shape index (κ3) is 2.98. The lowest BCUT2D eigenvalue weighted by atomic mass is 9.98. The molecule has 1 saturated heterocycles. The Balaban J connectivity index is 2.08. The number of carbonyl (C=O) groups excluding carboxylic acids is 2. The number of piperidine rings is 1. The van der Waals surface area contributed by atoms with Crippen LogP contribution in [0.2, 0.25) is 5.02 Å². The van der Waals surface area contributed by atoms with Gasteiger partial charge in [0.05, 0.1) is 5.57 Å². The number of likely N-dealkylation sites (tertiary alicyclic amines) is 1. The van der Waals surface area contributed by atoms with Crippen LogP contribution in [-0.4, -0.2) is 41.2 Å². The van der Waals surface area contributed by atoms with Crippen LogP contribution in [0.15, 0.2) is 42.6 Å². The SMILES string of the molecule is C=CCN1C(=O)C(c2ccc(Cl)cc2)=C(N2CCCC(C)C2)C1=O. The smallest absolute Gasteiger partial charge is 0.278 e. The lowest BCUT2D eigenvalue weighted by Gasteiger charge is -2.33. The maximum atomic E-state index is 12.9. The highest BCUT2D eigenvalue weighted by Gasteiger charge is 2.41. The number of amides is 2. The molecular weight excluding hydrogens is 324 g/mol. The normalized spacial score (nSPS) is 21.7. The van der Waals surface area contributed by atoms with E-state index in [0.29, 0.717) is 22.2 Å². The van der Waals surface area contributed by atoms with Crippen molar-refractivity contribution in [2.24, 2.45) is 5.92 Å². The second-order valence-corrected chi connectivity index (χ2v) is 6.87. The van der Waals surface area contributed by atoms with Crippen molar-refractivity contribution in [1.29, 1.82) is 0 Å². The molecule has 3 rings (SSSR count). The van der Waals surface area contributed by atoms with Crippen LogP contribution in [0.5, 0.6) is 0 Å². The van der Waals surface area contributed by atoms with Crippen molar-refractivity contribution >= 4 is 29.0 Å². The van der Waals surface area contributed by atoms with Gasteiger partial charge in [-0.05, 0) is 36.5 Å². The number of imide groups is 1. The van der Waals surface area contributed by atoms with Crippen molar-refractivity contribution in [2.45, 2.75) is 19.8 Å². The van der Waals surface area contributed by atoms with Crippen LogP contribution in [0.4, 0.5) is 0 Å². The van der Waals surface area contributed by atoms with Crippen LogP contribution in [0.25, 0.3) is 5.57 Å². The number of benzene rings is 1. The standard InChI is InChI=1S/C19H21ClN2O2/c1-3-10-22-18(23)16(14-6-8-15(20)9-7-14)17(19(22)24)21-11-4-5-13(2)12-21/h3,6-9,13H,1,4-5,10-12H2,2H3. The molecule has 0 radical (unpaired) electrons. The maximum absolute atomic E-state index is 12.9. The van der Waals surface area contributed by atoms with E-state index in [1.165, 1.54) is 4.90 Å². The van der Waals surface area contributed by atoms with Gasteiger partial charge in [-0.15, -0.1) is 6.58 Å². The van der Waals surface area contributed by atoms with Gasteiger partial charge in [-0.3, -0.25) is 14.5 Å². The molecule has 1 atom stereocenters. The molecule has 2 amide bonds. The third-order valence-corrected chi connectivity index (χ3v) is 4.81. The summed E-state index contributed by atoms with van der Waals surface area (Å²) in [6.45, 7) is 7.66. The molecule has 0 aliphatic carbocycles. The number of rotatable bonds is 4. The molecule has 1 fully saturated rings. The molecule has 0 saturated carbocycles. The molecule has 0 bridgehead atoms. The van der Waals surface area contributed by atoms with Crippen molar-refractivity contribution in [2.75, 3.05) is 19.6 Å². The summed E-state index contributed by atoms with van der Waals surface area (Å²) in [7, 11) is 0. The first-order chi connectivity index (χ1) is 11.5. The Morgan fingerprint density at radius 2 is 1.96 bits per heavy atom. The molecule has 24 heavy (non-hydrogen) atoms. The Kier molecular flexibility index (Phi) is 4.76. The van der Waals surface area contributed by atoms with E-state index in [4.69, 9.17) is 11.6 Å². The van der Waals surface area contributed by atoms with Crippen molar-refractivity contribution in [3.8, 4) is 0 Å². The Bertz CT molecular complexity index is 709. The van der Waals surface area contributed by atoms with Gasteiger partial charge < -0.3 is 4.90 Å². The van der Waals surface area contributed by atoms with E-state index < -0.39 is 0 Å². The fourth-order valence-electron chi connectivity index (χ4n) is 3.42. The minimum absolute atomic E-state index is 0.223. The molecule has 2 aliphatic heterocycles. The average Bonchev–Trinajstić information content (AvgIpc) is 2.81. The van der Waals surface area contributed by atoms with Gasteiger partial charge in [0.1, 0.15) is 5.70 Å². The van der Waals surface area contributed by atoms with E-state index >= 15 is 0 Å². The van der Waals surface area contributed by atoms with Crippen LogP contribution in [0, 0.1) is 5.92 Å². The van der Waals surface area contributed by atoms with Gasteiger partial charge in [-0.1, -0.05) is 36.7 Å². The first-order valence-corrected chi connectivity index (χ1v) is 8.63. The molecule has 0 N–H and O–H groups in total. The van der Waals surface area contributed by atoms with Crippen LogP contribution in [-0.2, 0) is 9.59 Å². The fourth-order valence-corrected chi connectivity index (χ4v) is 3.55. The Morgan fingerprint density at radius 1 is 1.25 bits per heavy atom. The molecule has 2 aliphatic rings. The van der Waals surface area contributed by atoms with Crippen LogP contribution < -0.4 is 0 Å². The van der Waals surface area contributed by atoms with E-state index in [1.807, 2.05) is 0 Å². The van der Waals surface area contributed by atoms with Crippen LogP contribution in [0.3, 0.4) is 0 Å². The van der Waals surface area contributed by atoms with E-state index in [2.05, 4.69) is 18.4 Å². The number of hydrogen-bond acceptors (Lipinski definition) is 3. The lowest BCUT2D eigenvalue weighted by molar-refractivity contribution is -0.137. The summed E-state index contributed by atoms with van der Waals surface area (Å²) in [4.78, 5) is 29.1.